The van der Waals surface area contributed by atoms with Gasteiger partial charge in [-0.25, -0.2) is 15.0 Å². The highest BCUT2D eigenvalue weighted by Crippen LogP contribution is 2.32. The van der Waals surface area contributed by atoms with Crippen molar-refractivity contribution in [2.24, 2.45) is 10.7 Å². The predicted octanol–water partition coefficient (Wildman–Crippen LogP) is 4.31. The molecule has 9 nitrogen and oxygen atoms in total. The number of fused-ring (bicyclic) bond motifs is 1. The van der Waals surface area contributed by atoms with Gasteiger partial charge in [-0.15, -0.1) is 0 Å². The van der Waals surface area contributed by atoms with Crippen molar-refractivity contribution >= 4 is 35.0 Å². The molecule has 0 unspecified atom stereocenters. The van der Waals surface area contributed by atoms with Gasteiger partial charge in [-0.1, -0.05) is 31.2 Å². The summed E-state index contributed by atoms with van der Waals surface area (Å²) < 4.78 is 5.44. The fourth-order valence-corrected chi connectivity index (χ4v) is 4.60. The van der Waals surface area contributed by atoms with Gasteiger partial charge < -0.3 is 21.1 Å². The first-order valence-corrected chi connectivity index (χ1v) is 13.3. The monoisotopic (exact) mass is 526 g/mol. The third-order valence-electron chi connectivity index (χ3n) is 6.71. The summed E-state index contributed by atoms with van der Waals surface area (Å²) in [7, 11) is 0. The molecule has 202 valence electrons. The van der Waals surface area contributed by atoms with Gasteiger partial charge in [0.15, 0.2) is 0 Å². The number of carbonyl (C=O) groups excluding carboxylic acids is 1. The molecule has 5 rings (SSSR count). The molecular weight excluding hydrogens is 492 g/mol. The maximum Gasteiger partial charge on any atom is 0.273 e. The zero-order valence-corrected chi connectivity index (χ0v) is 22.2. The summed E-state index contributed by atoms with van der Waals surface area (Å²) in [5.41, 5.74) is 17.7. The average Bonchev–Trinajstić information content (AvgIpc) is 3.13. The number of carbonyl (C=O) groups is 1. The van der Waals surface area contributed by atoms with Gasteiger partial charge >= 0.3 is 0 Å². The maximum atomic E-state index is 13.5. The first kappa shape index (κ1) is 26.4. The van der Waals surface area contributed by atoms with Crippen LogP contribution in [0.4, 0.5) is 17.2 Å². The van der Waals surface area contributed by atoms with E-state index in [1.54, 1.807) is 0 Å². The van der Waals surface area contributed by atoms with E-state index < -0.39 is 0 Å². The van der Waals surface area contributed by atoms with Gasteiger partial charge in [-0.3, -0.25) is 9.63 Å². The molecule has 2 aromatic carbocycles. The molecule has 2 aliphatic rings. The number of nitrogens with two attached hydrogens (primary N) is 2. The Hall–Kier alpha value is -4.21. The lowest BCUT2D eigenvalue weighted by molar-refractivity contribution is -0.187. The second kappa shape index (κ2) is 12.1. The van der Waals surface area contributed by atoms with E-state index in [2.05, 4.69) is 20.9 Å². The zero-order valence-electron chi connectivity index (χ0n) is 22.2. The minimum Gasteiger partial charge on any atom is -0.399 e. The van der Waals surface area contributed by atoms with Crippen molar-refractivity contribution in [2.75, 3.05) is 43.5 Å². The van der Waals surface area contributed by atoms with Gasteiger partial charge in [0.25, 0.3) is 5.91 Å². The lowest BCUT2D eigenvalue weighted by Crippen LogP contribution is -2.36. The Morgan fingerprint density at radius 2 is 1.82 bits per heavy atom. The topological polar surface area (TPSA) is 119 Å². The normalized spacial score (nSPS) is 15.2. The molecule has 0 saturated carbocycles. The predicted molar refractivity (Wildman–Crippen MR) is 154 cm³/mol. The summed E-state index contributed by atoms with van der Waals surface area (Å²) in [6.07, 6.45) is 4.73. The number of pyridine rings is 1. The summed E-state index contributed by atoms with van der Waals surface area (Å²) in [4.78, 5) is 30.9. The van der Waals surface area contributed by atoms with Crippen LogP contribution in [0.25, 0.3) is 17.2 Å². The fraction of sp³-hybridized carbons (Fsp3) is 0.300. The molecule has 1 amide bonds. The SMILES string of the molecule is CCCN(OCc1ccc(N)cc1)C(=O)C1=Cc2ccc(-c3ccc(N4CCOCC4)nc3)cc2N=C(N)C1. The minimum absolute atomic E-state index is 0.217. The Labute approximate surface area is 228 Å². The first-order chi connectivity index (χ1) is 19.0. The number of hydrogen-bond acceptors (Lipinski definition) is 8. The number of amides is 1. The number of hydrogen-bond donors (Lipinski definition) is 2. The van der Waals surface area contributed by atoms with Gasteiger partial charge in [-0.05, 0) is 54.0 Å². The number of nitrogens with zero attached hydrogens (tertiary/aromatic N) is 4. The smallest absolute Gasteiger partial charge is 0.273 e. The van der Waals surface area contributed by atoms with Crippen LogP contribution in [0.15, 0.2) is 71.4 Å². The van der Waals surface area contributed by atoms with Crippen LogP contribution in [0.5, 0.6) is 0 Å². The highest BCUT2D eigenvalue weighted by molar-refractivity contribution is 6.05. The molecule has 2 aliphatic heterocycles. The molecule has 0 bridgehead atoms. The summed E-state index contributed by atoms with van der Waals surface area (Å²) in [6.45, 7) is 5.85. The standard InChI is InChI=1S/C30H34N6O3/c1-2-11-36(39-20-21-3-8-26(31)9-4-21)30(37)25-16-23-6-5-22(17-27(23)34-28(32)18-25)24-7-10-29(33-19-24)35-12-14-38-15-13-35/h3-10,16-17,19H,2,11-15,18,20,31H2,1H3,(H2,32,34). The second-order valence-corrected chi connectivity index (χ2v) is 9.65. The number of nitrogen functional groups attached to an aromatic ring is 1. The Bertz CT molecular complexity index is 1360. The molecule has 9 heteroatoms. The van der Waals surface area contributed by atoms with Crippen molar-refractivity contribution < 1.29 is 14.4 Å². The van der Waals surface area contributed by atoms with Crippen molar-refractivity contribution in [1.29, 1.82) is 0 Å². The van der Waals surface area contributed by atoms with Crippen LogP contribution in [0, 0.1) is 0 Å². The van der Waals surface area contributed by atoms with E-state index in [0.29, 0.717) is 23.6 Å². The number of anilines is 2. The number of rotatable bonds is 8. The van der Waals surface area contributed by atoms with Gasteiger partial charge in [-0.2, -0.15) is 0 Å². The number of amidine groups is 1. The number of aromatic nitrogens is 1. The molecule has 4 N–H and O–H groups in total. The van der Waals surface area contributed by atoms with Crippen LogP contribution in [0.2, 0.25) is 0 Å². The van der Waals surface area contributed by atoms with Crippen LogP contribution in [-0.2, 0) is 21.0 Å². The van der Waals surface area contributed by atoms with E-state index in [1.807, 2.05) is 67.7 Å². The van der Waals surface area contributed by atoms with E-state index in [1.165, 1.54) is 5.06 Å². The summed E-state index contributed by atoms with van der Waals surface area (Å²) >= 11 is 0. The molecule has 3 aromatic rings. The van der Waals surface area contributed by atoms with E-state index in [9.17, 15) is 4.79 Å². The van der Waals surface area contributed by atoms with Crippen molar-refractivity contribution in [3.05, 3.63) is 77.5 Å². The molecule has 0 aliphatic carbocycles. The summed E-state index contributed by atoms with van der Waals surface area (Å²) in [5.74, 6) is 1.10. The van der Waals surface area contributed by atoms with Crippen molar-refractivity contribution in [3.63, 3.8) is 0 Å². The summed E-state index contributed by atoms with van der Waals surface area (Å²) in [5, 5.41) is 1.41. The van der Waals surface area contributed by atoms with Gasteiger partial charge in [0.05, 0.1) is 18.9 Å². The molecule has 0 spiro atoms. The number of ether oxygens (including phenoxy) is 1. The number of morpholine rings is 1. The molecule has 0 radical (unpaired) electrons. The van der Waals surface area contributed by atoms with Crippen LogP contribution in [-0.4, -0.2) is 54.6 Å². The van der Waals surface area contributed by atoms with E-state index in [4.69, 9.17) is 21.0 Å². The van der Waals surface area contributed by atoms with E-state index >= 15 is 0 Å². The van der Waals surface area contributed by atoms with E-state index in [0.717, 1.165) is 66.5 Å². The molecule has 0 atom stereocenters. The van der Waals surface area contributed by atoms with Crippen molar-refractivity contribution in [2.45, 2.75) is 26.4 Å². The van der Waals surface area contributed by atoms with Crippen LogP contribution in [0.1, 0.15) is 30.9 Å². The largest absolute Gasteiger partial charge is 0.399 e. The summed E-state index contributed by atoms with van der Waals surface area (Å²) in [6, 6.07) is 17.5. The lowest BCUT2D eigenvalue weighted by atomic mass is 10.0. The Morgan fingerprint density at radius 1 is 1.05 bits per heavy atom. The van der Waals surface area contributed by atoms with Gasteiger partial charge in [0.2, 0.25) is 0 Å². The van der Waals surface area contributed by atoms with Crippen molar-refractivity contribution in [1.82, 2.24) is 10.0 Å². The van der Waals surface area contributed by atoms with Crippen LogP contribution in [0.3, 0.4) is 0 Å². The van der Waals surface area contributed by atoms with E-state index in [-0.39, 0.29) is 18.9 Å². The molecule has 39 heavy (non-hydrogen) atoms. The average molecular weight is 527 g/mol. The van der Waals surface area contributed by atoms with Crippen molar-refractivity contribution in [3.8, 4) is 11.1 Å². The van der Waals surface area contributed by atoms with Gasteiger partial charge in [0, 0.05) is 54.6 Å². The molecule has 1 saturated heterocycles. The highest BCUT2D eigenvalue weighted by Gasteiger charge is 2.22. The van der Waals surface area contributed by atoms with Crippen LogP contribution >= 0.6 is 0 Å². The Morgan fingerprint density at radius 3 is 2.54 bits per heavy atom. The Kier molecular flexibility index (Phi) is 8.19. The fourth-order valence-electron chi connectivity index (χ4n) is 4.60. The Balaban J connectivity index is 1.34. The maximum absolute atomic E-state index is 13.5. The number of benzene rings is 2. The third-order valence-corrected chi connectivity index (χ3v) is 6.71. The highest BCUT2D eigenvalue weighted by atomic mass is 16.7. The zero-order chi connectivity index (χ0) is 27.2. The number of aliphatic imine (C=N–C) groups is 1. The quantitative estimate of drug-likeness (QED) is 0.331. The minimum atomic E-state index is -0.217. The number of hydroxylamine groups is 2. The lowest BCUT2D eigenvalue weighted by Gasteiger charge is -2.27. The first-order valence-electron chi connectivity index (χ1n) is 13.3. The second-order valence-electron chi connectivity index (χ2n) is 9.65. The molecule has 3 heterocycles. The molecule has 1 aromatic heterocycles. The van der Waals surface area contributed by atoms with Crippen LogP contribution < -0.4 is 16.4 Å². The molecular formula is C30H34N6O3. The van der Waals surface area contributed by atoms with Gasteiger partial charge in [0.1, 0.15) is 18.3 Å². The third kappa shape index (κ3) is 6.45. The molecule has 1 fully saturated rings.